The van der Waals surface area contributed by atoms with Crippen molar-refractivity contribution in [2.45, 2.75) is 13.3 Å². The molecule has 0 heterocycles. The SMILES string of the molecule is COC(=O)CCN(C)C(C)=N. The van der Waals surface area contributed by atoms with E-state index < -0.39 is 0 Å². The second-order valence-electron chi connectivity index (χ2n) is 2.33. The summed E-state index contributed by atoms with van der Waals surface area (Å²) in [5.74, 6) is 0.215. The summed E-state index contributed by atoms with van der Waals surface area (Å²) < 4.78 is 4.44. The molecule has 11 heavy (non-hydrogen) atoms. The Morgan fingerprint density at radius 3 is 2.55 bits per heavy atom. The monoisotopic (exact) mass is 158 g/mol. The Morgan fingerprint density at radius 1 is 1.64 bits per heavy atom. The van der Waals surface area contributed by atoms with Gasteiger partial charge in [0.2, 0.25) is 0 Å². The number of hydrogen-bond donors (Lipinski definition) is 1. The van der Waals surface area contributed by atoms with Gasteiger partial charge in [-0.25, -0.2) is 0 Å². The maximum absolute atomic E-state index is 10.6. The zero-order valence-corrected chi connectivity index (χ0v) is 7.18. The summed E-state index contributed by atoms with van der Waals surface area (Å²) in [7, 11) is 3.13. The third kappa shape index (κ3) is 4.36. The van der Waals surface area contributed by atoms with E-state index in [2.05, 4.69) is 4.74 Å². The molecule has 1 N–H and O–H groups in total. The molecule has 0 aliphatic rings. The summed E-state index contributed by atoms with van der Waals surface area (Å²) in [5, 5.41) is 7.18. The van der Waals surface area contributed by atoms with Crippen LogP contribution in [-0.4, -0.2) is 37.4 Å². The van der Waals surface area contributed by atoms with Gasteiger partial charge in [0.1, 0.15) is 0 Å². The van der Waals surface area contributed by atoms with Gasteiger partial charge < -0.3 is 9.64 Å². The van der Waals surface area contributed by atoms with Crippen molar-refractivity contribution in [2.75, 3.05) is 20.7 Å². The number of rotatable bonds is 3. The van der Waals surface area contributed by atoms with E-state index in [-0.39, 0.29) is 5.97 Å². The van der Waals surface area contributed by atoms with E-state index in [0.29, 0.717) is 18.8 Å². The van der Waals surface area contributed by atoms with Crippen LogP contribution in [0, 0.1) is 5.41 Å². The van der Waals surface area contributed by atoms with Crippen molar-refractivity contribution in [2.24, 2.45) is 0 Å². The molecule has 0 aromatic heterocycles. The van der Waals surface area contributed by atoms with Crippen LogP contribution in [0.3, 0.4) is 0 Å². The highest BCUT2D eigenvalue weighted by Gasteiger charge is 2.03. The minimum Gasteiger partial charge on any atom is -0.469 e. The average Bonchev–Trinajstić information content (AvgIpc) is 1.99. The summed E-state index contributed by atoms with van der Waals surface area (Å²) in [5.41, 5.74) is 0. The van der Waals surface area contributed by atoms with Crippen molar-refractivity contribution < 1.29 is 9.53 Å². The lowest BCUT2D eigenvalue weighted by atomic mass is 10.4. The van der Waals surface area contributed by atoms with Crippen LogP contribution in [0.2, 0.25) is 0 Å². The Labute approximate surface area is 66.6 Å². The highest BCUT2D eigenvalue weighted by molar-refractivity contribution is 5.77. The number of carbonyl (C=O) groups excluding carboxylic acids is 1. The molecule has 0 atom stereocenters. The van der Waals surface area contributed by atoms with Gasteiger partial charge in [-0.2, -0.15) is 0 Å². The van der Waals surface area contributed by atoms with E-state index in [1.807, 2.05) is 0 Å². The van der Waals surface area contributed by atoms with Crippen LogP contribution in [0.15, 0.2) is 0 Å². The largest absolute Gasteiger partial charge is 0.469 e. The van der Waals surface area contributed by atoms with Crippen molar-refractivity contribution >= 4 is 11.8 Å². The molecule has 0 rings (SSSR count). The summed E-state index contributed by atoms with van der Waals surface area (Å²) in [6.45, 7) is 2.22. The highest BCUT2D eigenvalue weighted by Crippen LogP contribution is 1.89. The zero-order chi connectivity index (χ0) is 8.85. The summed E-state index contributed by atoms with van der Waals surface area (Å²) >= 11 is 0. The second-order valence-corrected chi connectivity index (χ2v) is 2.33. The molecule has 0 aliphatic carbocycles. The number of esters is 1. The minimum atomic E-state index is -0.238. The first kappa shape index (κ1) is 9.94. The zero-order valence-electron chi connectivity index (χ0n) is 7.18. The van der Waals surface area contributed by atoms with Crippen molar-refractivity contribution in [1.29, 1.82) is 5.41 Å². The first-order valence-corrected chi connectivity index (χ1v) is 3.41. The normalized spacial score (nSPS) is 9.00. The van der Waals surface area contributed by atoms with E-state index in [1.165, 1.54) is 7.11 Å². The molecule has 0 aromatic rings. The van der Waals surface area contributed by atoms with Crippen LogP contribution in [-0.2, 0) is 9.53 Å². The van der Waals surface area contributed by atoms with Gasteiger partial charge in [-0.05, 0) is 6.92 Å². The third-order valence-electron chi connectivity index (χ3n) is 1.45. The Bertz CT molecular complexity index is 157. The maximum Gasteiger partial charge on any atom is 0.307 e. The summed E-state index contributed by atoms with van der Waals surface area (Å²) in [4.78, 5) is 12.3. The van der Waals surface area contributed by atoms with Crippen LogP contribution in [0.25, 0.3) is 0 Å². The van der Waals surface area contributed by atoms with Gasteiger partial charge in [-0.1, -0.05) is 0 Å². The Balaban J connectivity index is 3.54. The highest BCUT2D eigenvalue weighted by atomic mass is 16.5. The van der Waals surface area contributed by atoms with Crippen LogP contribution in [0.1, 0.15) is 13.3 Å². The fourth-order valence-corrected chi connectivity index (χ4v) is 0.529. The summed E-state index contributed by atoms with van der Waals surface area (Å²) in [6, 6.07) is 0. The van der Waals surface area contributed by atoms with Crippen LogP contribution < -0.4 is 0 Å². The molecular weight excluding hydrogens is 144 g/mol. The van der Waals surface area contributed by atoms with E-state index in [0.717, 1.165) is 0 Å². The molecule has 0 saturated heterocycles. The van der Waals surface area contributed by atoms with Gasteiger partial charge in [0, 0.05) is 13.6 Å². The lowest BCUT2D eigenvalue weighted by Crippen LogP contribution is -2.26. The van der Waals surface area contributed by atoms with E-state index in [1.54, 1.807) is 18.9 Å². The predicted octanol–water partition coefficient (Wildman–Crippen LogP) is 0.478. The van der Waals surface area contributed by atoms with Gasteiger partial charge in [-0.15, -0.1) is 0 Å². The molecule has 0 radical (unpaired) electrons. The number of ether oxygens (including phenoxy) is 1. The number of nitrogens with one attached hydrogen (secondary N) is 1. The Kier molecular flexibility index (Phi) is 4.26. The molecule has 0 aromatic carbocycles. The maximum atomic E-state index is 10.6. The number of hydrogen-bond acceptors (Lipinski definition) is 3. The first-order chi connectivity index (χ1) is 5.07. The molecule has 0 fully saturated rings. The molecular formula is C7H14N2O2. The minimum absolute atomic E-state index is 0.238. The average molecular weight is 158 g/mol. The third-order valence-corrected chi connectivity index (χ3v) is 1.45. The van der Waals surface area contributed by atoms with E-state index >= 15 is 0 Å². The standard InChI is InChI=1S/C7H14N2O2/c1-6(8)9(2)5-4-7(10)11-3/h8H,4-5H2,1-3H3. The molecule has 0 bridgehead atoms. The van der Waals surface area contributed by atoms with Crippen molar-refractivity contribution in [3.05, 3.63) is 0 Å². The number of methoxy groups -OCH3 is 1. The van der Waals surface area contributed by atoms with Crippen LogP contribution in [0.4, 0.5) is 0 Å². The molecule has 0 saturated carbocycles. The number of amidine groups is 1. The fraction of sp³-hybridized carbons (Fsp3) is 0.714. The van der Waals surface area contributed by atoms with E-state index in [9.17, 15) is 4.79 Å². The van der Waals surface area contributed by atoms with Crippen molar-refractivity contribution in [3.63, 3.8) is 0 Å². The summed E-state index contributed by atoms with van der Waals surface area (Å²) in [6.07, 6.45) is 0.337. The molecule has 64 valence electrons. The van der Waals surface area contributed by atoms with Crippen LogP contribution in [0.5, 0.6) is 0 Å². The molecule has 0 unspecified atom stereocenters. The van der Waals surface area contributed by atoms with Crippen molar-refractivity contribution in [3.8, 4) is 0 Å². The lowest BCUT2D eigenvalue weighted by Gasteiger charge is -2.15. The molecule has 4 heteroatoms. The topological polar surface area (TPSA) is 53.4 Å². The quantitative estimate of drug-likeness (QED) is 0.369. The van der Waals surface area contributed by atoms with Gasteiger partial charge in [0.25, 0.3) is 0 Å². The Hall–Kier alpha value is -1.06. The van der Waals surface area contributed by atoms with Crippen LogP contribution >= 0.6 is 0 Å². The number of carbonyl (C=O) groups is 1. The smallest absolute Gasteiger partial charge is 0.307 e. The fourth-order valence-electron chi connectivity index (χ4n) is 0.529. The molecule has 0 aliphatic heterocycles. The van der Waals surface area contributed by atoms with Gasteiger partial charge in [0.15, 0.2) is 0 Å². The predicted molar refractivity (Wildman–Crippen MR) is 42.7 cm³/mol. The molecule has 0 spiro atoms. The molecule has 0 amide bonds. The molecule has 4 nitrogen and oxygen atoms in total. The van der Waals surface area contributed by atoms with Gasteiger partial charge in [0.05, 0.1) is 19.4 Å². The van der Waals surface area contributed by atoms with Gasteiger partial charge >= 0.3 is 5.97 Å². The number of nitrogens with zero attached hydrogens (tertiary/aromatic N) is 1. The Morgan fingerprint density at radius 2 is 2.18 bits per heavy atom. The second kappa shape index (κ2) is 4.71. The van der Waals surface area contributed by atoms with E-state index in [4.69, 9.17) is 5.41 Å². The van der Waals surface area contributed by atoms with Gasteiger partial charge in [-0.3, -0.25) is 10.2 Å². The lowest BCUT2D eigenvalue weighted by molar-refractivity contribution is -0.140. The van der Waals surface area contributed by atoms with Crippen molar-refractivity contribution in [1.82, 2.24) is 4.90 Å². The first-order valence-electron chi connectivity index (χ1n) is 3.41.